The van der Waals surface area contributed by atoms with Gasteiger partial charge in [-0.15, -0.1) is 0 Å². The van der Waals surface area contributed by atoms with Gasteiger partial charge in [-0.05, 0) is 45.6 Å². The van der Waals surface area contributed by atoms with Crippen molar-refractivity contribution in [2.75, 3.05) is 26.2 Å². The second-order valence-corrected chi connectivity index (χ2v) is 5.34. The van der Waals surface area contributed by atoms with Crippen molar-refractivity contribution in [3.8, 4) is 0 Å². The van der Waals surface area contributed by atoms with Crippen molar-refractivity contribution >= 4 is 5.91 Å². The lowest BCUT2D eigenvalue weighted by Gasteiger charge is -2.09. The van der Waals surface area contributed by atoms with Gasteiger partial charge >= 0.3 is 0 Å². The van der Waals surface area contributed by atoms with E-state index < -0.39 is 0 Å². The zero-order chi connectivity index (χ0) is 13.8. The monoisotopic (exact) mass is 258 g/mol. The topological polar surface area (TPSA) is 50.4 Å². The third-order valence-corrected chi connectivity index (χ3v) is 2.53. The standard InChI is InChI=1S/C14H30N2O2/c1-12(2)7-9-16-14(17)11-15-8-5-6-10-18-13(3)4/h12-13,15H,5-11H2,1-4H3,(H,16,17). The Kier molecular flexibility index (Phi) is 11.1. The molecule has 0 atom stereocenters. The Hall–Kier alpha value is -0.610. The third kappa shape index (κ3) is 13.5. The van der Waals surface area contributed by atoms with Crippen LogP contribution in [0.25, 0.3) is 0 Å². The molecule has 4 nitrogen and oxygen atoms in total. The molecule has 0 aliphatic heterocycles. The van der Waals surface area contributed by atoms with Crippen LogP contribution in [0.15, 0.2) is 0 Å². The second-order valence-electron chi connectivity index (χ2n) is 5.34. The molecule has 0 saturated carbocycles. The number of ether oxygens (including phenoxy) is 1. The van der Waals surface area contributed by atoms with Crippen molar-refractivity contribution in [3.05, 3.63) is 0 Å². The van der Waals surface area contributed by atoms with Gasteiger partial charge in [0.25, 0.3) is 0 Å². The van der Waals surface area contributed by atoms with E-state index >= 15 is 0 Å². The molecule has 0 fully saturated rings. The van der Waals surface area contributed by atoms with E-state index in [4.69, 9.17) is 4.74 Å². The van der Waals surface area contributed by atoms with Gasteiger partial charge in [0.15, 0.2) is 0 Å². The van der Waals surface area contributed by atoms with E-state index in [-0.39, 0.29) is 5.91 Å². The highest BCUT2D eigenvalue weighted by Crippen LogP contribution is 1.96. The molecular formula is C14H30N2O2. The third-order valence-electron chi connectivity index (χ3n) is 2.53. The summed E-state index contributed by atoms with van der Waals surface area (Å²) in [7, 11) is 0. The summed E-state index contributed by atoms with van der Waals surface area (Å²) in [5.41, 5.74) is 0. The maximum absolute atomic E-state index is 11.4. The van der Waals surface area contributed by atoms with Crippen LogP contribution >= 0.6 is 0 Å². The Morgan fingerprint density at radius 2 is 1.83 bits per heavy atom. The van der Waals surface area contributed by atoms with Crippen LogP contribution in [0.4, 0.5) is 0 Å². The van der Waals surface area contributed by atoms with Crippen molar-refractivity contribution in [2.24, 2.45) is 5.92 Å². The van der Waals surface area contributed by atoms with Crippen molar-refractivity contribution in [1.29, 1.82) is 0 Å². The minimum Gasteiger partial charge on any atom is -0.379 e. The van der Waals surface area contributed by atoms with Gasteiger partial charge < -0.3 is 15.4 Å². The highest BCUT2D eigenvalue weighted by molar-refractivity contribution is 5.77. The molecule has 2 N–H and O–H groups in total. The van der Waals surface area contributed by atoms with Crippen LogP contribution in [-0.4, -0.2) is 38.3 Å². The fourth-order valence-electron chi connectivity index (χ4n) is 1.44. The van der Waals surface area contributed by atoms with Crippen molar-refractivity contribution in [2.45, 2.75) is 53.1 Å². The molecule has 108 valence electrons. The first-order valence-corrected chi connectivity index (χ1v) is 7.11. The van der Waals surface area contributed by atoms with Gasteiger partial charge in [-0.3, -0.25) is 4.79 Å². The largest absolute Gasteiger partial charge is 0.379 e. The molecule has 0 aromatic carbocycles. The predicted octanol–water partition coefficient (Wildman–Crippen LogP) is 1.94. The summed E-state index contributed by atoms with van der Waals surface area (Å²) < 4.78 is 5.44. The van der Waals surface area contributed by atoms with E-state index in [9.17, 15) is 4.79 Å². The van der Waals surface area contributed by atoms with Gasteiger partial charge in [0, 0.05) is 13.2 Å². The molecule has 0 aromatic heterocycles. The molecule has 0 unspecified atom stereocenters. The summed E-state index contributed by atoms with van der Waals surface area (Å²) >= 11 is 0. The summed E-state index contributed by atoms with van der Waals surface area (Å²) in [6.45, 7) is 11.3. The molecule has 0 spiro atoms. The Balaban J connectivity index is 3.20. The van der Waals surface area contributed by atoms with Gasteiger partial charge in [-0.25, -0.2) is 0 Å². The Morgan fingerprint density at radius 1 is 1.11 bits per heavy atom. The average molecular weight is 258 g/mol. The van der Waals surface area contributed by atoms with Crippen LogP contribution in [0.1, 0.15) is 47.0 Å². The lowest BCUT2D eigenvalue weighted by molar-refractivity contribution is -0.120. The van der Waals surface area contributed by atoms with Crippen molar-refractivity contribution in [1.82, 2.24) is 10.6 Å². The number of rotatable bonds is 11. The molecular weight excluding hydrogens is 228 g/mol. The van der Waals surface area contributed by atoms with Crippen molar-refractivity contribution < 1.29 is 9.53 Å². The second kappa shape index (κ2) is 11.5. The number of hydrogen-bond acceptors (Lipinski definition) is 3. The SMILES string of the molecule is CC(C)CCNC(=O)CNCCCCOC(C)C. The van der Waals surface area contributed by atoms with E-state index in [1.54, 1.807) is 0 Å². The molecule has 0 radical (unpaired) electrons. The van der Waals surface area contributed by atoms with Gasteiger partial charge in [0.05, 0.1) is 12.6 Å². The van der Waals surface area contributed by atoms with E-state index in [0.29, 0.717) is 18.6 Å². The Labute approximate surface area is 112 Å². The normalized spacial score (nSPS) is 11.2. The average Bonchev–Trinajstić information content (AvgIpc) is 2.26. The van der Waals surface area contributed by atoms with Gasteiger partial charge in [0.1, 0.15) is 0 Å². The van der Waals surface area contributed by atoms with Crippen LogP contribution in [0.5, 0.6) is 0 Å². The molecule has 18 heavy (non-hydrogen) atoms. The molecule has 0 bridgehead atoms. The quantitative estimate of drug-likeness (QED) is 0.557. The zero-order valence-corrected chi connectivity index (χ0v) is 12.4. The van der Waals surface area contributed by atoms with Gasteiger partial charge in [-0.2, -0.15) is 0 Å². The fraction of sp³-hybridized carbons (Fsp3) is 0.929. The molecule has 0 saturated heterocycles. The predicted molar refractivity (Wildman–Crippen MR) is 75.7 cm³/mol. The molecule has 0 aromatic rings. The van der Waals surface area contributed by atoms with Crippen molar-refractivity contribution in [3.63, 3.8) is 0 Å². The summed E-state index contributed by atoms with van der Waals surface area (Å²) in [4.78, 5) is 11.4. The van der Waals surface area contributed by atoms with E-state index in [0.717, 1.165) is 39.0 Å². The van der Waals surface area contributed by atoms with Gasteiger partial charge in [0.2, 0.25) is 5.91 Å². The molecule has 0 aliphatic carbocycles. The number of carbonyl (C=O) groups excluding carboxylic acids is 1. The summed E-state index contributed by atoms with van der Waals surface area (Å²) in [6, 6.07) is 0. The minimum absolute atomic E-state index is 0.0917. The first kappa shape index (κ1) is 17.4. The molecule has 4 heteroatoms. The maximum Gasteiger partial charge on any atom is 0.233 e. The molecule has 1 amide bonds. The zero-order valence-electron chi connectivity index (χ0n) is 12.4. The van der Waals surface area contributed by atoms with Crippen LogP contribution in [-0.2, 0) is 9.53 Å². The number of carbonyl (C=O) groups is 1. The number of amides is 1. The minimum atomic E-state index is 0.0917. The van der Waals surface area contributed by atoms with Crippen LogP contribution in [0.3, 0.4) is 0 Å². The summed E-state index contributed by atoms with van der Waals surface area (Å²) in [6.07, 6.45) is 3.44. The summed E-state index contributed by atoms with van der Waals surface area (Å²) in [5, 5.41) is 6.05. The Bertz CT molecular complexity index is 206. The number of nitrogens with one attached hydrogen (secondary N) is 2. The highest BCUT2D eigenvalue weighted by Gasteiger charge is 2.00. The number of unbranched alkanes of at least 4 members (excludes halogenated alkanes) is 1. The summed E-state index contributed by atoms with van der Waals surface area (Å²) in [5.74, 6) is 0.730. The van der Waals surface area contributed by atoms with E-state index in [2.05, 4.69) is 24.5 Å². The number of hydrogen-bond donors (Lipinski definition) is 2. The molecule has 0 heterocycles. The van der Waals surface area contributed by atoms with Crippen LogP contribution in [0, 0.1) is 5.92 Å². The van der Waals surface area contributed by atoms with E-state index in [1.807, 2.05) is 13.8 Å². The molecule has 0 aliphatic rings. The highest BCUT2D eigenvalue weighted by atomic mass is 16.5. The maximum atomic E-state index is 11.4. The molecule has 0 rings (SSSR count). The van der Waals surface area contributed by atoms with Gasteiger partial charge in [-0.1, -0.05) is 13.8 Å². The lowest BCUT2D eigenvalue weighted by Crippen LogP contribution is -2.35. The first-order chi connectivity index (χ1) is 8.52. The lowest BCUT2D eigenvalue weighted by atomic mass is 10.1. The van der Waals surface area contributed by atoms with Crippen LogP contribution < -0.4 is 10.6 Å². The van der Waals surface area contributed by atoms with E-state index in [1.165, 1.54) is 0 Å². The fourth-order valence-corrected chi connectivity index (χ4v) is 1.44. The Morgan fingerprint density at radius 3 is 2.44 bits per heavy atom. The van der Waals surface area contributed by atoms with Crippen LogP contribution in [0.2, 0.25) is 0 Å². The smallest absolute Gasteiger partial charge is 0.233 e. The first-order valence-electron chi connectivity index (χ1n) is 7.11.